The minimum atomic E-state index is 0.813. The molecule has 1 saturated carbocycles. The van der Waals surface area contributed by atoms with Crippen molar-refractivity contribution in [1.82, 2.24) is 4.57 Å². The molecule has 84 valence electrons. The second-order valence-corrected chi connectivity index (χ2v) is 4.82. The van der Waals surface area contributed by atoms with Crippen molar-refractivity contribution < 1.29 is 4.74 Å². The van der Waals surface area contributed by atoms with Crippen LogP contribution in [0.1, 0.15) is 18.5 Å². The van der Waals surface area contributed by atoms with Crippen molar-refractivity contribution in [3.05, 3.63) is 30.0 Å². The van der Waals surface area contributed by atoms with E-state index in [1.807, 2.05) is 0 Å². The van der Waals surface area contributed by atoms with E-state index in [2.05, 4.69) is 42.8 Å². The van der Waals surface area contributed by atoms with Gasteiger partial charge in [-0.2, -0.15) is 0 Å². The third kappa shape index (κ3) is 1.69. The monoisotopic (exact) mass is 215 g/mol. The molecule has 1 aromatic heterocycles. The van der Waals surface area contributed by atoms with E-state index in [1.54, 1.807) is 0 Å². The Hall–Kier alpha value is -1.44. The summed E-state index contributed by atoms with van der Waals surface area (Å²) in [6, 6.07) is 8.57. The molecule has 1 fully saturated rings. The summed E-state index contributed by atoms with van der Waals surface area (Å²) in [6.07, 6.45) is 2.68. The van der Waals surface area contributed by atoms with Gasteiger partial charge in [0.2, 0.25) is 0 Å². The summed E-state index contributed by atoms with van der Waals surface area (Å²) in [5.74, 6) is 1.82. The third-order valence-corrected chi connectivity index (χ3v) is 3.44. The lowest BCUT2D eigenvalue weighted by atomic mass is 10.2. The van der Waals surface area contributed by atoms with Gasteiger partial charge in [0, 0.05) is 23.6 Å². The SMILES string of the molecule is Cc1cc2cc(OCC3CC3)ccc2n1C. The van der Waals surface area contributed by atoms with E-state index >= 15 is 0 Å². The number of benzene rings is 1. The summed E-state index contributed by atoms with van der Waals surface area (Å²) < 4.78 is 7.99. The molecule has 0 amide bonds. The molecule has 0 unspecified atom stereocenters. The van der Waals surface area contributed by atoms with Crippen molar-refractivity contribution in [2.75, 3.05) is 6.61 Å². The number of ether oxygens (including phenoxy) is 1. The number of hydrogen-bond donors (Lipinski definition) is 0. The molecule has 0 atom stereocenters. The highest BCUT2D eigenvalue weighted by Crippen LogP contribution is 2.30. The van der Waals surface area contributed by atoms with Gasteiger partial charge < -0.3 is 9.30 Å². The lowest BCUT2D eigenvalue weighted by Gasteiger charge is -2.05. The quantitative estimate of drug-likeness (QED) is 0.766. The fraction of sp³-hybridized carbons (Fsp3) is 0.429. The Bertz CT molecular complexity index is 523. The van der Waals surface area contributed by atoms with E-state index in [-0.39, 0.29) is 0 Å². The second-order valence-electron chi connectivity index (χ2n) is 4.82. The highest BCUT2D eigenvalue weighted by atomic mass is 16.5. The molecule has 1 heterocycles. The van der Waals surface area contributed by atoms with Crippen LogP contribution in [0.25, 0.3) is 10.9 Å². The molecule has 0 bridgehead atoms. The van der Waals surface area contributed by atoms with Crippen LogP contribution >= 0.6 is 0 Å². The summed E-state index contributed by atoms with van der Waals surface area (Å²) in [5.41, 5.74) is 2.56. The Labute approximate surface area is 95.8 Å². The number of fused-ring (bicyclic) bond motifs is 1. The number of aryl methyl sites for hydroxylation is 2. The topological polar surface area (TPSA) is 14.2 Å². The molecule has 0 N–H and O–H groups in total. The molecule has 2 nitrogen and oxygen atoms in total. The minimum absolute atomic E-state index is 0.813. The first-order valence-corrected chi connectivity index (χ1v) is 5.93. The zero-order valence-electron chi connectivity index (χ0n) is 9.86. The fourth-order valence-corrected chi connectivity index (χ4v) is 2.05. The lowest BCUT2D eigenvalue weighted by molar-refractivity contribution is 0.300. The summed E-state index contributed by atoms with van der Waals surface area (Å²) in [4.78, 5) is 0. The van der Waals surface area contributed by atoms with Gasteiger partial charge in [-0.25, -0.2) is 0 Å². The van der Waals surface area contributed by atoms with Gasteiger partial charge in [-0.1, -0.05) is 0 Å². The van der Waals surface area contributed by atoms with Gasteiger partial charge in [0.15, 0.2) is 0 Å². The van der Waals surface area contributed by atoms with Gasteiger partial charge in [-0.3, -0.25) is 0 Å². The number of rotatable bonds is 3. The van der Waals surface area contributed by atoms with Crippen LogP contribution in [0.15, 0.2) is 24.3 Å². The first-order valence-electron chi connectivity index (χ1n) is 5.93. The van der Waals surface area contributed by atoms with Gasteiger partial charge >= 0.3 is 0 Å². The van der Waals surface area contributed by atoms with E-state index in [0.29, 0.717) is 0 Å². The van der Waals surface area contributed by atoms with Gasteiger partial charge in [-0.15, -0.1) is 0 Å². The smallest absolute Gasteiger partial charge is 0.120 e. The van der Waals surface area contributed by atoms with E-state index in [0.717, 1.165) is 18.3 Å². The van der Waals surface area contributed by atoms with Gasteiger partial charge in [0.25, 0.3) is 0 Å². The van der Waals surface area contributed by atoms with Crippen LogP contribution in [0.4, 0.5) is 0 Å². The van der Waals surface area contributed by atoms with E-state index < -0.39 is 0 Å². The Balaban J connectivity index is 1.89. The van der Waals surface area contributed by atoms with E-state index in [9.17, 15) is 0 Å². The molecule has 2 aromatic rings. The largest absolute Gasteiger partial charge is 0.493 e. The molecular weight excluding hydrogens is 198 g/mol. The fourth-order valence-electron chi connectivity index (χ4n) is 2.05. The average molecular weight is 215 g/mol. The average Bonchev–Trinajstić information content (AvgIpc) is 3.05. The van der Waals surface area contributed by atoms with Crippen molar-refractivity contribution in [1.29, 1.82) is 0 Å². The van der Waals surface area contributed by atoms with Crippen molar-refractivity contribution in [2.24, 2.45) is 13.0 Å². The third-order valence-electron chi connectivity index (χ3n) is 3.44. The second kappa shape index (κ2) is 3.55. The van der Waals surface area contributed by atoms with Crippen LogP contribution in [0.2, 0.25) is 0 Å². The molecule has 2 heteroatoms. The first-order chi connectivity index (χ1) is 7.74. The molecule has 1 aromatic carbocycles. The van der Waals surface area contributed by atoms with Gasteiger partial charge in [0.05, 0.1) is 6.61 Å². The molecule has 0 spiro atoms. The van der Waals surface area contributed by atoms with Crippen LogP contribution in [0.5, 0.6) is 5.75 Å². The molecular formula is C14H17NO. The van der Waals surface area contributed by atoms with E-state index in [4.69, 9.17) is 4.74 Å². The maximum atomic E-state index is 5.78. The Morgan fingerprint density at radius 1 is 1.31 bits per heavy atom. The van der Waals surface area contributed by atoms with Gasteiger partial charge in [0.1, 0.15) is 5.75 Å². The molecule has 0 radical (unpaired) electrons. The van der Waals surface area contributed by atoms with Crippen LogP contribution in [0.3, 0.4) is 0 Å². The number of hydrogen-bond acceptors (Lipinski definition) is 1. The first kappa shape index (κ1) is 9.76. The highest BCUT2D eigenvalue weighted by Gasteiger charge is 2.21. The van der Waals surface area contributed by atoms with Crippen LogP contribution in [-0.2, 0) is 7.05 Å². The minimum Gasteiger partial charge on any atom is -0.493 e. The normalized spacial score (nSPS) is 15.6. The molecule has 0 saturated heterocycles. The Morgan fingerprint density at radius 3 is 2.88 bits per heavy atom. The number of aromatic nitrogens is 1. The van der Waals surface area contributed by atoms with Crippen LogP contribution < -0.4 is 4.74 Å². The predicted octanol–water partition coefficient (Wildman–Crippen LogP) is 3.28. The van der Waals surface area contributed by atoms with Crippen molar-refractivity contribution in [2.45, 2.75) is 19.8 Å². The highest BCUT2D eigenvalue weighted by molar-refractivity contribution is 5.82. The van der Waals surface area contributed by atoms with E-state index in [1.165, 1.54) is 29.4 Å². The molecule has 3 rings (SSSR count). The predicted molar refractivity (Wildman–Crippen MR) is 65.9 cm³/mol. The zero-order chi connectivity index (χ0) is 11.1. The Morgan fingerprint density at radius 2 is 2.12 bits per heavy atom. The standard InChI is InChI=1S/C14H17NO/c1-10-7-12-8-13(16-9-11-3-4-11)5-6-14(12)15(10)2/h5-8,11H,3-4,9H2,1-2H3. The van der Waals surface area contributed by atoms with Gasteiger partial charge in [-0.05, 0) is 49.9 Å². The summed E-state index contributed by atoms with van der Waals surface area (Å²) >= 11 is 0. The van der Waals surface area contributed by atoms with Crippen LogP contribution in [-0.4, -0.2) is 11.2 Å². The molecule has 1 aliphatic carbocycles. The van der Waals surface area contributed by atoms with Crippen molar-refractivity contribution in [3.8, 4) is 5.75 Å². The molecule has 0 aliphatic heterocycles. The maximum absolute atomic E-state index is 5.78. The summed E-state index contributed by atoms with van der Waals surface area (Å²) in [7, 11) is 2.10. The van der Waals surface area contributed by atoms with Crippen LogP contribution in [0, 0.1) is 12.8 Å². The molecule has 16 heavy (non-hydrogen) atoms. The zero-order valence-corrected chi connectivity index (χ0v) is 9.86. The summed E-state index contributed by atoms with van der Waals surface area (Å²) in [6.45, 7) is 3.02. The maximum Gasteiger partial charge on any atom is 0.120 e. The van der Waals surface area contributed by atoms with Crippen molar-refractivity contribution in [3.63, 3.8) is 0 Å². The Kier molecular flexibility index (Phi) is 2.16. The van der Waals surface area contributed by atoms with Crippen molar-refractivity contribution >= 4 is 10.9 Å². The summed E-state index contributed by atoms with van der Waals surface area (Å²) in [5, 5.41) is 1.27. The lowest BCUT2D eigenvalue weighted by Crippen LogP contribution is -1.98. The number of nitrogens with zero attached hydrogens (tertiary/aromatic N) is 1. The molecule has 1 aliphatic rings.